The van der Waals surface area contributed by atoms with Gasteiger partial charge in [-0.1, -0.05) is 139 Å². The topological polar surface area (TPSA) is 24.4 Å². The molecule has 1 N–H and O–H groups in total. The summed E-state index contributed by atoms with van der Waals surface area (Å²) in [6.45, 7) is 5.64. The fourth-order valence-corrected chi connectivity index (χ4v) is 3.87. The molecule has 0 aliphatic heterocycles. The van der Waals surface area contributed by atoms with Gasteiger partial charge in [0, 0.05) is 12.2 Å². The van der Waals surface area contributed by atoms with E-state index in [0.29, 0.717) is 6.54 Å². The van der Waals surface area contributed by atoms with E-state index < -0.39 is 0 Å². The lowest BCUT2D eigenvalue weighted by molar-refractivity contribution is 0.889. The molecule has 0 amide bonds. The number of hydrogen-bond acceptors (Lipinski definition) is 2. The number of aryl methyl sites for hydroxylation is 2. The van der Waals surface area contributed by atoms with Crippen molar-refractivity contribution in [3.8, 4) is 0 Å². The van der Waals surface area contributed by atoms with Crippen LogP contribution >= 0.6 is 0 Å². The van der Waals surface area contributed by atoms with Crippen LogP contribution in [0.1, 0.15) is 33.4 Å². The predicted molar refractivity (Wildman–Crippen MR) is 159 cm³/mol. The molecule has 0 unspecified atom stereocenters. The van der Waals surface area contributed by atoms with E-state index in [2.05, 4.69) is 147 Å². The first-order valence-corrected chi connectivity index (χ1v) is 12.7. The zero-order valence-electron chi connectivity index (χ0n) is 21.6. The first-order chi connectivity index (χ1) is 18.2. The average molecular weight is 483 g/mol. The number of benzene rings is 4. The molecule has 0 fully saturated rings. The first kappa shape index (κ1) is 25.7. The molecule has 4 aromatic rings. The van der Waals surface area contributed by atoms with Gasteiger partial charge in [-0.15, -0.1) is 0 Å². The molecule has 0 saturated heterocycles. The number of allylic oxidation sites excluding steroid dienone is 5. The van der Waals surface area contributed by atoms with Crippen LogP contribution in [0.3, 0.4) is 0 Å². The molecule has 4 rings (SSSR count). The quantitative estimate of drug-likeness (QED) is 0.179. The highest BCUT2D eigenvalue weighted by atomic mass is 14.9. The summed E-state index contributed by atoms with van der Waals surface area (Å²) in [7, 11) is 0. The minimum atomic E-state index is 0.652. The van der Waals surface area contributed by atoms with Gasteiger partial charge < -0.3 is 5.32 Å². The van der Waals surface area contributed by atoms with Crippen LogP contribution in [0.25, 0.3) is 5.70 Å². The van der Waals surface area contributed by atoms with Crippen LogP contribution in [-0.4, -0.2) is 5.71 Å². The van der Waals surface area contributed by atoms with Crippen LogP contribution in [0.2, 0.25) is 0 Å². The largest absolute Gasteiger partial charge is 0.380 e. The summed E-state index contributed by atoms with van der Waals surface area (Å²) in [5.41, 5.74) is 9.29. The van der Waals surface area contributed by atoms with Crippen molar-refractivity contribution >= 4 is 11.4 Å². The minimum Gasteiger partial charge on any atom is -0.380 e. The highest BCUT2D eigenvalue weighted by Crippen LogP contribution is 2.14. The summed E-state index contributed by atoms with van der Waals surface area (Å²) in [5, 5.41) is 3.60. The summed E-state index contributed by atoms with van der Waals surface area (Å²) in [5.74, 6) is 0. The Morgan fingerprint density at radius 2 is 1.19 bits per heavy atom. The molecule has 0 heterocycles. The van der Waals surface area contributed by atoms with Crippen molar-refractivity contribution in [2.45, 2.75) is 26.9 Å². The van der Waals surface area contributed by atoms with E-state index in [1.54, 1.807) is 0 Å². The molecule has 0 spiro atoms. The van der Waals surface area contributed by atoms with Gasteiger partial charge in [-0.05, 0) is 48.3 Å². The SMILES string of the molecule is Cc1ccc(C(/C=C/C=C/C=C(/NCc2ccccc2)c2ccc(C)cc2)=NCc2ccccc2)cc1. The Morgan fingerprint density at radius 3 is 1.81 bits per heavy atom. The van der Waals surface area contributed by atoms with Gasteiger partial charge in [0.1, 0.15) is 0 Å². The fourth-order valence-electron chi connectivity index (χ4n) is 3.87. The molecule has 37 heavy (non-hydrogen) atoms. The van der Waals surface area contributed by atoms with Gasteiger partial charge in [0.2, 0.25) is 0 Å². The monoisotopic (exact) mass is 482 g/mol. The second-order valence-electron chi connectivity index (χ2n) is 9.08. The Bertz CT molecular complexity index is 1360. The normalized spacial score (nSPS) is 12.4. The predicted octanol–water partition coefficient (Wildman–Crippen LogP) is 8.24. The van der Waals surface area contributed by atoms with Gasteiger partial charge in [0.25, 0.3) is 0 Å². The molecule has 0 aliphatic rings. The van der Waals surface area contributed by atoms with Crippen LogP contribution in [0.15, 0.2) is 145 Å². The van der Waals surface area contributed by atoms with Gasteiger partial charge >= 0.3 is 0 Å². The summed E-state index contributed by atoms with van der Waals surface area (Å²) in [6.07, 6.45) is 10.4. The van der Waals surface area contributed by atoms with E-state index in [1.165, 1.54) is 27.8 Å². The molecule has 0 radical (unpaired) electrons. The number of nitrogens with zero attached hydrogens (tertiary/aromatic N) is 1. The van der Waals surface area contributed by atoms with Gasteiger partial charge in [0.15, 0.2) is 0 Å². The van der Waals surface area contributed by atoms with Gasteiger partial charge in [-0.3, -0.25) is 4.99 Å². The Kier molecular flexibility index (Phi) is 9.43. The van der Waals surface area contributed by atoms with Gasteiger partial charge in [-0.2, -0.15) is 0 Å². The fraction of sp³-hybridized carbons (Fsp3) is 0.114. The lowest BCUT2D eigenvalue weighted by Crippen LogP contribution is -2.11. The molecule has 0 saturated carbocycles. The highest BCUT2D eigenvalue weighted by molar-refractivity contribution is 6.08. The highest BCUT2D eigenvalue weighted by Gasteiger charge is 2.02. The standard InChI is InChI=1S/C35H34N2/c1-28-18-22-32(23-19-28)34(36-26-30-12-6-3-7-13-30)16-10-5-11-17-35(33-24-20-29(2)21-25-33)37-27-31-14-8-4-9-15-31/h3-25,36H,26-27H2,1-2H3/b10-5+,17-11+,34-16+,37-35?. The number of hydrogen-bond donors (Lipinski definition) is 1. The van der Waals surface area contributed by atoms with Crippen LogP contribution in [0.4, 0.5) is 0 Å². The lowest BCUT2D eigenvalue weighted by Gasteiger charge is -2.11. The lowest BCUT2D eigenvalue weighted by atomic mass is 10.1. The van der Waals surface area contributed by atoms with Crippen molar-refractivity contribution < 1.29 is 0 Å². The van der Waals surface area contributed by atoms with Crippen molar-refractivity contribution in [2.75, 3.05) is 0 Å². The molecule has 0 bridgehead atoms. The first-order valence-electron chi connectivity index (χ1n) is 12.7. The third-order valence-electron chi connectivity index (χ3n) is 6.05. The molecule has 4 aromatic carbocycles. The zero-order valence-corrected chi connectivity index (χ0v) is 21.6. The van der Waals surface area contributed by atoms with Crippen molar-refractivity contribution in [3.05, 3.63) is 173 Å². The second-order valence-corrected chi connectivity index (χ2v) is 9.08. The van der Waals surface area contributed by atoms with Crippen molar-refractivity contribution in [1.82, 2.24) is 5.32 Å². The molecule has 0 aliphatic carbocycles. The van der Waals surface area contributed by atoms with Crippen molar-refractivity contribution in [1.29, 1.82) is 0 Å². The molecular weight excluding hydrogens is 448 g/mol. The smallest absolute Gasteiger partial charge is 0.0650 e. The molecule has 0 aromatic heterocycles. The van der Waals surface area contributed by atoms with E-state index in [-0.39, 0.29) is 0 Å². The van der Waals surface area contributed by atoms with E-state index >= 15 is 0 Å². The van der Waals surface area contributed by atoms with E-state index in [9.17, 15) is 0 Å². The number of aliphatic imine (C=N–C) groups is 1. The number of nitrogens with one attached hydrogen (secondary N) is 1. The summed E-state index contributed by atoms with van der Waals surface area (Å²) < 4.78 is 0. The summed E-state index contributed by atoms with van der Waals surface area (Å²) in [4.78, 5) is 4.91. The molecule has 0 atom stereocenters. The summed E-state index contributed by atoms with van der Waals surface area (Å²) >= 11 is 0. The maximum Gasteiger partial charge on any atom is 0.0650 e. The Hall–Kier alpha value is -4.43. The summed E-state index contributed by atoms with van der Waals surface area (Å²) in [6, 6.07) is 38.0. The van der Waals surface area contributed by atoms with Crippen LogP contribution in [0.5, 0.6) is 0 Å². The van der Waals surface area contributed by atoms with Crippen molar-refractivity contribution in [2.24, 2.45) is 4.99 Å². The third kappa shape index (κ3) is 8.33. The zero-order chi connectivity index (χ0) is 25.7. The average Bonchev–Trinajstić information content (AvgIpc) is 2.94. The van der Waals surface area contributed by atoms with E-state index in [4.69, 9.17) is 4.99 Å². The third-order valence-corrected chi connectivity index (χ3v) is 6.05. The van der Waals surface area contributed by atoms with Gasteiger partial charge in [-0.25, -0.2) is 0 Å². The second kappa shape index (κ2) is 13.6. The molecular formula is C35H34N2. The number of rotatable bonds is 10. The minimum absolute atomic E-state index is 0.652. The maximum atomic E-state index is 4.91. The maximum absolute atomic E-state index is 4.91. The Balaban J connectivity index is 1.52. The van der Waals surface area contributed by atoms with E-state index in [1.807, 2.05) is 12.1 Å². The van der Waals surface area contributed by atoms with Gasteiger partial charge in [0.05, 0.1) is 12.3 Å². The van der Waals surface area contributed by atoms with E-state index in [0.717, 1.165) is 23.5 Å². The van der Waals surface area contributed by atoms with Crippen LogP contribution in [0, 0.1) is 13.8 Å². The Labute approximate surface area is 221 Å². The van der Waals surface area contributed by atoms with Crippen molar-refractivity contribution in [3.63, 3.8) is 0 Å². The van der Waals surface area contributed by atoms with Crippen LogP contribution in [-0.2, 0) is 13.1 Å². The molecule has 2 nitrogen and oxygen atoms in total. The Morgan fingerprint density at radius 1 is 0.622 bits per heavy atom. The molecule has 2 heteroatoms. The van der Waals surface area contributed by atoms with Crippen LogP contribution < -0.4 is 5.32 Å². The molecule has 184 valence electrons.